The third-order valence-corrected chi connectivity index (χ3v) is 5.49. The van der Waals surface area contributed by atoms with Gasteiger partial charge >= 0.3 is 6.18 Å². The van der Waals surface area contributed by atoms with E-state index >= 15 is 0 Å². The Kier molecular flexibility index (Phi) is 7.05. The Bertz CT molecular complexity index is 572. The molecule has 1 amide bonds. The molecule has 1 saturated heterocycles. The van der Waals surface area contributed by atoms with Gasteiger partial charge in [-0.15, -0.1) is 12.4 Å². The van der Waals surface area contributed by atoms with Crippen LogP contribution < -0.4 is 5.32 Å². The van der Waals surface area contributed by atoms with Gasteiger partial charge in [0.1, 0.15) is 0 Å². The maximum atomic E-state index is 12.6. The summed E-state index contributed by atoms with van der Waals surface area (Å²) in [6, 6.07) is 5.57. The molecule has 2 fully saturated rings. The summed E-state index contributed by atoms with van der Waals surface area (Å²) in [5.74, 6) is 2.10. The molecule has 0 aromatic heterocycles. The molecule has 140 valence electrons. The second kappa shape index (κ2) is 8.64. The van der Waals surface area contributed by atoms with Crippen molar-refractivity contribution in [2.24, 2.45) is 0 Å². The van der Waals surface area contributed by atoms with Crippen LogP contribution in [0.1, 0.15) is 30.4 Å². The van der Waals surface area contributed by atoms with Gasteiger partial charge in [-0.1, -0.05) is 12.1 Å². The van der Waals surface area contributed by atoms with Crippen LogP contribution in [0, 0.1) is 0 Å². The molecule has 3 nitrogen and oxygen atoms in total. The van der Waals surface area contributed by atoms with Crippen molar-refractivity contribution in [3.63, 3.8) is 0 Å². The smallest absolute Gasteiger partial charge is 0.335 e. The Morgan fingerprint density at radius 3 is 2.44 bits per heavy atom. The lowest BCUT2D eigenvalue weighted by Gasteiger charge is -2.27. The zero-order valence-corrected chi connectivity index (χ0v) is 15.4. The summed E-state index contributed by atoms with van der Waals surface area (Å²) >= 11 is 1.85. The van der Waals surface area contributed by atoms with Gasteiger partial charge < -0.3 is 10.2 Å². The summed E-state index contributed by atoms with van der Waals surface area (Å²) in [7, 11) is 0. The second-order valence-electron chi connectivity index (χ2n) is 6.38. The molecule has 1 aromatic carbocycles. The minimum Gasteiger partial charge on any atom is -0.335 e. The summed E-state index contributed by atoms with van der Waals surface area (Å²) < 4.78 is 37.9. The highest BCUT2D eigenvalue weighted by molar-refractivity contribution is 7.99. The average Bonchev–Trinajstić information content (AvgIpc) is 3.38. The van der Waals surface area contributed by atoms with Gasteiger partial charge in [-0.05, 0) is 30.5 Å². The van der Waals surface area contributed by atoms with Gasteiger partial charge in [-0.2, -0.15) is 24.9 Å². The van der Waals surface area contributed by atoms with E-state index in [-0.39, 0.29) is 30.4 Å². The molecule has 1 atom stereocenters. The summed E-state index contributed by atoms with van der Waals surface area (Å²) in [4.78, 5) is 14.5. The molecule has 1 unspecified atom stereocenters. The third kappa shape index (κ3) is 5.79. The van der Waals surface area contributed by atoms with Crippen LogP contribution in [0.4, 0.5) is 13.2 Å². The molecular formula is C17H22ClF3N2OS. The van der Waals surface area contributed by atoms with Crippen LogP contribution >= 0.6 is 24.2 Å². The van der Waals surface area contributed by atoms with E-state index in [1.165, 1.54) is 12.1 Å². The lowest BCUT2D eigenvalue weighted by Crippen LogP contribution is -2.43. The molecule has 2 aliphatic rings. The van der Waals surface area contributed by atoms with E-state index in [4.69, 9.17) is 0 Å². The van der Waals surface area contributed by atoms with Gasteiger partial charge in [-0.25, -0.2) is 0 Å². The lowest BCUT2D eigenvalue weighted by atomic mass is 10.1. The average molecular weight is 395 g/mol. The van der Waals surface area contributed by atoms with Crippen molar-refractivity contribution in [1.82, 2.24) is 10.2 Å². The summed E-state index contributed by atoms with van der Waals surface area (Å²) in [6.45, 7) is 1.31. The fraction of sp³-hybridized carbons (Fsp3) is 0.588. The van der Waals surface area contributed by atoms with Crippen molar-refractivity contribution >= 4 is 30.1 Å². The van der Waals surface area contributed by atoms with Crippen LogP contribution in [0.5, 0.6) is 0 Å². The van der Waals surface area contributed by atoms with Crippen molar-refractivity contribution in [2.75, 3.05) is 18.1 Å². The van der Waals surface area contributed by atoms with Gasteiger partial charge in [-0.3, -0.25) is 4.79 Å². The normalized spacial score (nSPS) is 20.7. The number of thioether (sulfide) groups is 1. The number of alkyl halides is 3. The molecule has 1 aromatic rings. The lowest BCUT2D eigenvalue weighted by molar-refractivity contribution is -0.137. The Morgan fingerprint density at radius 2 is 1.92 bits per heavy atom. The number of nitrogens with one attached hydrogen (secondary N) is 1. The van der Waals surface area contributed by atoms with Crippen molar-refractivity contribution in [1.29, 1.82) is 0 Å². The monoisotopic (exact) mass is 394 g/mol. The van der Waals surface area contributed by atoms with Crippen LogP contribution in [0.15, 0.2) is 24.3 Å². The number of benzene rings is 1. The predicted molar refractivity (Wildman–Crippen MR) is 96.0 cm³/mol. The first-order valence-corrected chi connectivity index (χ1v) is 9.35. The Balaban J connectivity index is 0.00000225. The van der Waals surface area contributed by atoms with Gasteiger partial charge in [0, 0.05) is 43.1 Å². The third-order valence-electron chi connectivity index (χ3n) is 4.36. The van der Waals surface area contributed by atoms with Crippen LogP contribution in [0.2, 0.25) is 0 Å². The highest BCUT2D eigenvalue weighted by Crippen LogP contribution is 2.31. The molecule has 1 aliphatic heterocycles. The van der Waals surface area contributed by atoms with Gasteiger partial charge in [0.2, 0.25) is 5.91 Å². The van der Waals surface area contributed by atoms with Gasteiger partial charge in [0.15, 0.2) is 0 Å². The van der Waals surface area contributed by atoms with Crippen LogP contribution in [-0.4, -0.2) is 40.9 Å². The maximum absolute atomic E-state index is 12.6. The molecular weight excluding hydrogens is 373 g/mol. The number of rotatable bonds is 5. The molecule has 0 bridgehead atoms. The zero-order chi connectivity index (χ0) is 17.2. The molecule has 3 rings (SSSR count). The zero-order valence-electron chi connectivity index (χ0n) is 13.7. The quantitative estimate of drug-likeness (QED) is 0.826. The Hall–Kier alpha value is -0.920. The Morgan fingerprint density at radius 1 is 1.24 bits per heavy atom. The molecule has 1 heterocycles. The largest absolute Gasteiger partial charge is 0.416 e. The summed E-state index contributed by atoms with van der Waals surface area (Å²) in [5, 5.41) is 3.36. The minimum atomic E-state index is -4.32. The van der Waals surface area contributed by atoms with Gasteiger partial charge in [0.25, 0.3) is 0 Å². The summed E-state index contributed by atoms with van der Waals surface area (Å²) in [6.07, 6.45) is -1.89. The summed E-state index contributed by atoms with van der Waals surface area (Å²) in [5.41, 5.74) is 0.0909. The molecule has 1 N–H and O–H groups in total. The van der Waals surface area contributed by atoms with E-state index in [0.29, 0.717) is 13.0 Å². The fourth-order valence-corrected chi connectivity index (χ4v) is 3.83. The first-order valence-electron chi connectivity index (χ1n) is 8.20. The first-order chi connectivity index (χ1) is 11.4. The molecule has 1 saturated carbocycles. The molecule has 25 heavy (non-hydrogen) atoms. The van der Waals surface area contributed by atoms with E-state index < -0.39 is 11.7 Å². The predicted octanol–water partition coefficient (Wildman–Crippen LogP) is 3.71. The van der Waals surface area contributed by atoms with Crippen molar-refractivity contribution < 1.29 is 18.0 Å². The standard InChI is InChI=1S/C17H21F3N2OS.ClH/c18-17(19,20)13-3-1-12(2-4-13)10-22(15-5-6-15)16(23)9-14-11-24-8-7-21-14;/h1-4,14-15,21H,5-11H2;1H. The van der Waals surface area contributed by atoms with Crippen LogP contribution in [0.25, 0.3) is 0 Å². The van der Waals surface area contributed by atoms with E-state index in [1.807, 2.05) is 16.7 Å². The number of amides is 1. The van der Waals surface area contributed by atoms with Crippen LogP contribution in [0.3, 0.4) is 0 Å². The van der Waals surface area contributed by atoms with E-state index in [9.17, 15) is 18.0 Å². The van der Waals surface area contributed by atoms with Gasteiger partial charge in [0.05, 0.1) is 5.56 Å². The number of carbonyl (C=O) groups is 1. The molecule has 1 aliphatic carbocycles. The fourth-order valence-electron chi connectivity index (χ4n) is 2.88. The molecule has 8 heteroatoms. The number of hydrogen-bond donors (Lipinski definition) is 1. The number of carbonyl (C=O) groups excluding carboxylic acids is 1. The van der Waals surface area contributed by atoms with Crippen LogP contribution in [-0.2, 0) is 17.5 Å². The number of nitrogens with zero attached hydrogens (tertiary/aromatic N) is 1. The van der Waals surface area contributed by atoms with Crippen molar-refractivity contribution in [3.8, 4) is 0 Å². The topological polar surface area (TPSA) is 32.3 Å². The SMILES string of the molecule is Cl.O=C(CC1CSCCN1)N(Cc1ccc(C(F)(F)F)cc1)C1CC1. The van der Waals surface area contributed by atoms with E-state index in [0.717, 1.165) is 48.6 Å². The maximum Gasteiger partial charge on any atom is 0.416 e. The van der Waals surface area contributed by atoms with Crippen molar-refractivity contribution in [3.05, 3.63) is 35.4 Å². The second-order valence-corrected chi connectivity index (χ2v) is 7.53. The minimum absolute atomic E-state index is 0. The van der Waals surface area contributed by atoms with Crippen molar-refractivity contribution in [2.45, 2.75) is 44.1 Å². The highest BCUT2D eigenvalue weighted by atomic mass is 35.5. The first kappa shape index (κ1) is 20.4. The molecule has 0 spiro atoms. The van der Waals surface area contributed by atoms with E-state index in [2.05, 4.69) is 5.32 Å². The Labute approximate surface area is 156 Å². The highest BCUT2D eigenvalue weighted by Gasteiger charge is 2.34. The molecule has 0 radical (unpaired) electrons. The van der Waals surface area contributed by atoms with E-state index in [1.54, 1.807) is 0 Å². The number of hydrogen-bond acceptors (Lipinski definition) is 3. The number of halogens is 4.